The van der Waals surface area contributed by atoms with Crippen molar-refractivity contribution in [3.05, 3.63) is 35.7 Å². The van der Waals surface area contributed by atoms with E-state index in [4.69, 9.17) is 9.47 Å². The van der Waals surface area contributed by atoms with Crippen LogP contribution < -0.4 is 15.0 Å². The summed E-state index contributed by atoms with van der Waals surface area (Å²) in [6, 6.07) is 7.42. The molecule has 32 heavy (non-hydrogen) atoms. The highest BCUT2D eigenvalue weighted by Crippen LogP contribution is 2.39. The average molecular weight is 437 g/mol. The maximum absolute atomic E-state index is 6.22. The van der Waals surface area contributed by atoms with Crippen molar-refractivity contribution in [2.24, 2.45) is 0 Å². The van der Waals surface area contributed by atoms with Crippen molar-refractivity contribution >= 4 is 17.3 Å². The largest absolute Gasteiger partial charge is 0.486 e. The van der Waals surface area contributed by atoms with Crippen LogP contribution >= 0.6 is 0 Å². The molecule has 0 saturated carbocycles. The van der Waals surface area contributed by atoms with E-state index in [1.807, 2.05) is 0 Å². The highest BCUT2D eigenvalue weighted by atomic mass is 16.5. The predicted octanol–water partition coefficient (Wildman–Crippen LogP) is 2.44. The van der Waals surface area contributed by atoms with E-state index in [-0.39, 0.29) is 0 Å². The fourth-order valence-electron chi connectivity index (χ4n) is 5.49. The lowest BCUT2D eigenvalue weighted by molar-refractivity contribution is 0.0363. The van der Waals surface area contributed by atoms with Gasteiger partial charge in [-0.05, 0) is 56.6 Å². The van der Waals surface area contributed by atoms with E-state index >= 15 is 0 Å². The van der Waals surface area contributed by atoms with Crippen molar-refractivity contribution in [3.63, 3.8) is 0 Å². The molecule has 0 unspecified atom stereocenters. The van der Waals surface area contributed by atoms with Crippen LogP contribution in [0.4, 0.5) is 17.3 Å². The van der Waals surface area contributed by atoms with E-state index in [1.54, 1.807) is 6.33 Å². The standard InChI is InChI=1S/C24H32N6O2/c1-28-13-19(14-28)29-6-4-17(5-7-29)18-2-3-22-21(12-18)27-23-20(15-32-22)24(26-16-25-23)30-8-10-31-11-9-30/h2-3,12,16-17,19H,4-11,13-15H2,1H3,(H,25,26,27). The second kappa shape index (κ2) is 8.50. The number of nitrogens with zero attached hydrogens (tertiary/aromatic N) is 5. The highest BCUT2D eigenvalue weighted by Gasteiger charge is 2.32. The highest BCUT2D eigenvalue weighted by molar-refractivity contribution is 5.71. The van der Waals surface area contributed by atoms with Gasteiger partial charge in [0.15, 0.2) is 0 Å². The third-order valence-electron chi connectivity index (χ3n) is 7.42. The molecular formula is C24H32N6O2. The number of hydrogen-bond acceptors (Lipinski definition) is 8. The van der Waals surface area contributed by atoms with Crippen molar-refractivity contribution in [2.75, 3.05) is 69.7 Å². The van der Waals surface area contributed by atoms with E-state index in [9.17, 15) is 0 Å². The number of likely N-dealkylation sites (N-methyl/N-ethyl adjacent to an activating group) is 1. The number of ether oxygens (including phenoxy) is 2. The monoisotopic (exact) mass is 436 g/mol. The summed E-state index contributed by atoms with van der Waals surface area (Å²) in [7, 11) is 2.21. The molecule has 0 atom stereocenters. The molecule has 5 heterocycles. The van der Waals surface area contributed by atoms with Crippen LogP contribution in [0, 0.1) is 0 Å². The number of rotatable bonds is 3. The van der Waals surface area contributed by atoms with Gasteiger partial charge in [-0.3, -0.25) is 4.90 Å². The molecule has 1 N–H and O–H groups in total. The third kappa shape index (κ3) is 3.80. The minimum atomic E-state index is 0.469. The summed E-state index contributed by atoms with van der Waals surface area (Å²) in [6.07, 6.45) is 4.10. The van der Waals surface area contributed by atoms with E-state index in [0.29, 0.717) is 12.5 Å². The molecule has 0 bridgehead atoms. The molecule has 4 aliphatic rings. The van der Waals surface area contributed by atoms with Crippen LogP contribution in [-0.2, 0) is 11.3 Å². The first kappa shape index (κ1) is 20.2. The number of nitrogens with one attached hydrogen (secondary N) is 1. The Hall–Kier alpha value is -2.42. The zero-order valence-electron chi connectivity index (χ0n) is 18.8. The number of aromatic nitrogens is 2. The van der Waals surface area contributed by atoms with Crippen LogP contribution in [0.2, 0.25) is 0 Å². The lowest BCUT2D eigenvalue weighted by Crippen LogP contribution is -2.59. The topological polar surface area (TPSA) is 66.0 Å². The maximum atomic E-state index is 6.22. The Kier molecular flexibility index (Phi) is 5.37. The molecule has 0 amide bonds. The fourth-order valence-corrected chi connectivity index (χ4v) is 5.49. The molecule has 0 aliphatic carbocycles. The molecule has 3 saturated heterocycles. The zero-order chi connectivity index (χ0) is 21.5. The molecule has 1 aromatic heterocycles. The molecule has 1 aromatic carbocycles. The number of morpholine rings is 1. The minimum Gasteiger partial charge on any atom is -0.486 e. The molecule has 4 aliphatic heterocycles. The first-order chi connectivity index (χ1) is 15.7. The number of hydrogen-bond donors (Lipinski definition) is 1. The third-order valence-corrected chi connectivity index (χ3v) is 7.42. The number of anilines is 3. The van der Waals surface area contributed by atoms with Gasteiger partial charge in [-0.1, -0.05) is 6.07 Å². The molecule has 8 heteroatoms. The lowest BCUT2D eigenvalue weighted by Gasteiger charge is -2.46. The van der Waals surface area contributed by atoms with Crippen molar-refractivity contribution in [2.45, 2.75) is 31.4 Å². The average Bonchev–Trinajstić information content (AvgIpc) is 3.01. The maximum Gasteiger partial charge on any atom is 0.143 e. The Balaban J connectivity index is 1.19. The summed E-state index contributed by atoms with van der Waals surface area (Å²) in [5.41, 5.74) is 3.43. The summed E-state index contributed by atoms with van der Waals surface area (Å²) in [5.74, 6) is 3.29. The zero-order valence-corrected chi connectivity index (χ0v) is 18.8. The molecule has 3 fully saturated rings. The van der Waals surface area contributed by atoms with Crippen LogP contribution in [0.5, 0.6) is 5.75 Å². The minimum absolute atomic E-state index is 0.469. The predicted molar refractivity (Wildman–Crippen MR) is 124 cm³/mol. The van der Waals surface area contributed by atoms with Gasteiger partial charge in [-0.25, -0.2) is 9.97 Å². The quantitative estimate of drug-likeness (QED) is 0.787. The fraction of sp³-hybridized carbons (Fsp3) is 0.583. The summed E-state index contributed by atoms with van der Waals surface area (Å²) in [5, 5.41) is 3.56. The molecule has 8 nitrogen and oxygen atoms in total. The van der Waals surface area contributed by atoms with E-state index in [0.717, 1.165) is 61.0 Å². The number of benzene rings is 1. The second-order valence-corrected chi connectivity index (χ2v) is 9.48. The van der Waals surface area contributed by atoms with Crippen molar-refractivity contribution in [1.82, 2.24) is 19.8 Å². The molecule has 2 aromatic rings. The SMILES string of the molecule is CN1CC(N2CCC(c3ccc4c(c3)Nc3ncnc(N5CCOCC5)c3CO4)CC2)C1. The lowest BCUT2D eigenvalue weighted by atomic mass is 9.88. The Labute approximate surface area is 189 Å². The van der Waals surface area contributed by atoms with Crippen molar-refractivity contribution < 1.29 is 9.47 Å². The Morgan fingerprint density at radius 1 is 1.03 bits per heavy atom. The van der Waals surface area contributed by atoms with Crippen LogP contribution in [0.3, 0.4) is 0 Å². The normalized spacial score (nSPS) is 22.8. The Morgan fingerprint density at radius 2 is 1.84 bits per heavy atom. The second-order valence-electron chi connectivity index (χ2n) is 9.48. The summed E-state index contributed by atoms with van der Waals surface area (Å²) in [4.78, 5) is 16.5. The van der Waals surface area contributed by atoms with Gasteiger partial charge >= 0.3 is 0 Å². The summed E-state index contributed by atoms with van der Waals surface area (Å²) in [6.45, 7) is 8.45. The molecular weight excluding hydrogens is 404 g/mol. The van der Waals surface area contributed by atoms with Gasteiger partial charge in [0.25, 0.3) is 0 Å². The summed E-state index contributed by atoms with van der Waals surface area (Å²) >= 11 is 0. The van der Waals surface area contributed by atoms with Gasteiger partial charge in [0.1, 0.15) is 30.3 Å². The van der Waals surface area contributed by atoms with Gasteiger partial charge in [-0.2, -0.15) is 0 Å². The van der Waals surface area contributed by atoms with E-state index in [2.05, 4.69) is 55.2 Å². The van der Waals surface area contributed by atoms with Crippen molar-refractivity contribution in [1.29, 1.82) is 0 Å². The smallest absolute Gasteiger partial charge is 0.143 e. The number of fused-ring (bicyclic) bond motifs is 2. The van der Waals surface area contributed by atoms with Crippen LogP contribution in [0.1, 0.15) is 29.9 Å². The number of piperidine rings is 1. The molecule has 6 rings (SSSR count). The van der Waals surface area contributed by atoms with Gasteiger partial charge in [-0.15, -0.1) is 0 Å². The van der Waals surface area contributed by atoms with E-state index < -0.39 is 0 Å². The van der Waals surface area contributed by atoms with Gasteiger partial charge in [0.2, 0.25) is 0 Å². The Bertz CT molecular complexity index is 965. The van der Waals surface area contributed by atoms with Crippen LogP contribution in [0.15, 0.2) is 24.5 Å². The Morgan fingerprint density at radius 3 is 2.62 bits per heavy atom. The van der Waals surface area contributed by atoms with Crippen LogP contribution in [-0.4, -0.2) is 85.3 Å². The first-order valence-electron chi connectivity index (χ1n) is 11.9. The number of likely N-dealkylation sites (tertiary alicyclic amines) is 2. The van der Waals surface area contributed by atoms with Gasteiger partial charge in [0.05, 0.1) is 24.5 Å². The molecule has 0 spiro atoms. The van der Waals surface area contributed by atoms with Gasteiger partial charge < -0.3 is 24.6 Å². The summed E-state index contributed by atoms with van der Waals surface area (Å²) < 4.78 is 11.7. The first-order valence-corrected chi connectivity index (χ1v) is 11.9. The molecule has 170 valence electrons. The van der Waals surface area contributed by atoms with Crippen LogP contribution in [0.25, 0.3) is 0 Å². The van der Waals surface area contributed by atoms with Crippen molar-refractivity contribution in [3.8, 4) is 5.75 Å². The van der Waals surface area contributed by atoms with E-state index in [1.165, 1.54) is 44.6 Å². The molecule has 0 radical (unpaired) electrons. The van der Waals surface area contributed by atoms with Gasteiger partial charge in [0, 0.05) is 32.2 Å².